The van der Waals surface area contributed by atoms with Crippen LogP contribution >= 0.6 is 0 Å². The average Bonchev–Trinajstić information content (AvgIpc) is 2.47. The van der Waals surface area contributed by atoms with Crippen LogP contribution in [0.5, 0.6) is 0 Å². The summed E-state index contributed by atoms with van der Waals surface area (Å²) < 4.78 is 0. The lowest BCUT2D eigenvalue weighted by Crippen LogP contribution is -2.38. The Labute approximate surface area is 122 Å². The Morgan fingerprint density at radius 1 is 1.35 bits per heavy atom. The number of amides is 1. The zero-order chi connectivity index (χ0) is 14.5. The molecule has 1 amide bonds. The standard InChI is InChI=1S/C17H26N2O/c1-13-7-8-14(2)16(12-13)17(20)19(3)11-9-15-6-4-5-10-18-15/h7-8,12,15,18H,4-6,9-11H2,1-3H3. The monoisotopic (exact) mass is 274 g/mol. The number of hydrogen-bond donors (Lipinski definition) is 1. The van der Waals surface area contributed by atoms with Crippen LogP contribution in [0.3, 0.4) is 0 Å². The maximum absolute atomic E-state index is 12.5. The van der Waals surface area contributed by atoms with E-state index in [2.05, 4.69) is 11.4 Å². The molecule has 2 rings (SSSR count). The minimum absolute atomic E-state index is 0.141. The third kappa shape index (κ3) is 3.83. The van der Waals surface area contributed by atoms with Gasteiger partial charge in [0, 0.05) is 25.2 Å². The van der Waals surface area contributed by atoms with E-state index >= 15 is 0 Å². The van der Waals surface area contributed by atoms with Crippen LogP contribution in [0.1, 0.15) is 47.2 Å². The molecular weight excluding hydrogens is 248 g/mol. The number of benzene rings is 1. The summed E-state index contributed by atoms with van der Waals surface area (Å²) in [5, 5.41) is 3.54. The number of rotatable bonds is 4. The van der Waals surface area contributed by atoms with Gasteiger partial charge in [-0.3, -0.25) is 4.79 Å². The first-order valence-electron chi connectivity index (χ1n) is 7.64. The van der Waals surface area contributed by atoms with E-state index in [1.165, 1.54) is 19.3 Å². The summed E-state index contributed by atoms with van der Waals surface area (Å²) >= 11 is 0. The van der Waals surface area contributed by atoms with Crippen LogP contribution < -0.4 is 5.32 Å². The summed E-state index contributed by atoms with van der Waals surface area (Å²) in [4.78, 5) is 14.4. The Kier molecular flexibility index (Phi) is 5.18. The minimum atomic E-state index is 0.141. The summed E-state index contributed by atoms with van der Waals surface area (Å²) in [7, 11) is 1.91. The van der Waals surface area contributed by atoms with E-state index in [1.807, 2.05) is 37.9 Å². The van der Waals surface area contributed by atoms with Crippen molar-refractivity contribution in [2.24, 2.45) is 0 Å². The highest BCUT2D eigenvalue weighted by atomic mass is 16.2. The quantitative estimate of drug-likeness (QED) is 0.915. The highest BCUT2D eigenvalue weighted by Crippen LogP contribution is 2.14. The zero-order valence-electron chi connectivity index (χ0n) is 12.9. The molecule has 20 heavy (non-hydrogen) atoms. The fraction of sp³-hybridized carbons (Fsp3) is 0.588. The molecule has 1 aromatic rings. The Morgan fingerprint density at radius 2 is 2.15 bits per heavy atom. The van der Waals surface area contributed by atoms with Gasteiger partial charge in [-0.15, -0.1) is 0 Å². The van der Waals surface area contributed by atoms with E-state index in [9.17, 15) is 4.79 Å². The first-order valence-corrected chi connectivity index (χ1v) is 7.64. The molecule has 0 bridgehead atoms. The lowest BCUT2D eigenvalue weighted by Gasteiger charge is -2.26. The summed E-state index contributed by atoms with van der Waals surface area (Å²) in [5.74, 6) is 0.141. The van der Waals surface area contributed by atoms with Gasteiger partial charge in [-0.1, -0.05) is 24.1 Å². The van der Waals surface area contributed by atoms with E-state index in [0.717, 1.165) is 36.2 Å². The second kappa shape index (κ2) is 6.89. The van der Waals surface area contributed by atoms with Crippen molar-refractivity contribution < 1.29 is 4.79 Å². The Bertz CT molecular complexity index is 464. The molecule has 1 saturated heterocycles. The van der Waals surface area contributed by atoms with E-state index in [-0.39, 0.29) is 5.91 Å². The first-order chi connectivity index (χ1) is 9.58. The maximum Gasteiger partial charge on any atom is 0.253 e. The fourth-order valence-corrected chi connectivity index (χ4v) is 2.79. The molecule has 0 aliphatic carbocycles. The second-order valence-electron chi connectivity index (χ2n) is 5.98. The molecular formula is C17H26N2O. The maximum atomic E-state index is 12.5. The first kappa shape index (κ1) is 15.0. The van der Waals surface area contributed by atoms with Crippen LogP contribution in [-0.4, -0.2) is 37.0 Å². The number of aryl methyl sites for hydroxylation is 2. The van der Waals surface area contributed by atoms with Gasteiger partial charge >= 0.3 is 0 Å². The van der Waals surface area contributed by atoms with Crippen molar-refractivity contribution in [2.75, 3.05) is 20.1 Å². The van der Waals surface area contributed by atoms with E-state index in [1.54, 1.807) is 0 Å². The molecule has 1 atom stereocenters. The molecule has 0 aromatic heterocycles. The van der Waals surface area contributed by atoms with Crippen LogP contribution in [0, 0.1) is 13.8 Å². The van der Waals surface area contributed by atoms with Gasteiger partial charge in [0.25, 0.3) is 5.91 Å². The van der Waals surface area contributed by atoms with Gasteiger partial charge in [-0.25, -0.2) is 0 Å². The van der Waals surface area contributed by atoms with Crippen LogP contribution in [0.2, 0.25) is 0 Å². The topological polar surface area (TPSA) is 32.3 Å². The summed E-state index contributed by atoms with van der Waals surface area (Å²) in [5.41, 5.74) is 3.04. The number of carbonyl (C=O) groups excluding carboxylic acids is 1. The number of piperidine rings is 1. The molecule has 1 heterocycles. The largest absolute Gasteiger partial charge is 0.342 e. The zero-order valence-corrected chi connectivity index (χ0v) is 12.9. The molecule has 1 unspecified atom stereocenters. The third-order valence-corrected chi connectivity index (χ3v) is 4.20. The molecule has 0 saturated carbocycles. The lowest BCUT2D eigenvalue weighted by molar-refractivity contribution is 0.0787. The predicted molar refractivity (Wildman–Crippen MR) is 83.1 cm³/mol. The minimum Gasteiger partial charge on any atom is -0.342 e. The number of carbonyl (C=O) groups is 1. The predicted octanol–water partition coefficient (Wildman–Crippen LogP) is 2.91. The van der Waals surface area contributed by atoms with Crippen molar-refractivity contribution in [3.8, 4) is 0 Å². The molecule has 1 aliphatic rings. The number of hydrogen-bond acceptors (Lipinski definition) is 2. The van der Waals surface area contributed by atoms with Crippen LogP contribution in [0.15, 0.2) is 18.2 Å². The van der Waals surface area contributed by atoms with E-state index < -0.39 is 0 Å². The van der Waals surface area contributed by atoms with E-state index in [0.29, 0.717) is 6.04 Å². The Balaban J connectivity index is 1.92. The van der Waals surface area contributed by atoms with Gasteiger partial charge in [0.15, 0.2) is 0 Å². The molecule has 110 valence electrons. The molecule has 1 fully saturated rings. The highest BCUT2D eigenvalue weighted by Gasteiger charge is 2.17. The van der Waals surface area contributed by atoms with Crippen molar-refractivity contribution in [1.29, 1.82) is 0 Å². The molecule has 1 N–H and O–H groups in total. The summed E-state index contributed by atoms with van der Waals surface area (Å²) in [6.07, 6.45) is 4.89. The fourth-order valence-electron chi connectivity index (χ4n) is 2.79. The summed E-state index contributed by atoms with van der Waals surface area (Å²) in [6.45, 7) is 5.98. The smallest absolute Gasteiger partial charge is 0.253 e. The molecule has 1 aromatic carbocycles. The van der Waals surface area contributed by atoms with Crippen molar-refractivity contribution >= 4 is 5.91 Å². The second-order valence-corrected chi connectivity index (χ2v) is 5.98. The number of nitrogens with zero attached hydrogens (tertiary/aromatic N) is 1. The van der Waals surface area contributed by atoms with Gasteiger partial charge in [-0.05, 0) is 51.3 Å². The van der Waals surface area contributed by atoms with Crippen LogP contribution in [0.4, 0.5) is 0 Å². The average molecular weight is 274 g/mol. The van der Waals surface area contributed by atoms with Crippen molar-refractivity contribution in [3.63, 3.8) is 0 Å². The van der Waals surface area contributed by atoms with Crippen molar-refractivity contribution in [3.05, 3.63) is 34.9 Å². The van der Waals surface area contributed by atoms with Gasteiger partial charge in [-0.2, -0.15) is 0 Å². The van der Waals surface area contributed by atoms with Crippen molar-refractivity contribution in [2.45, 2.75) is 45.6 Å². The molecule has 0 spiro atoms. The van der Waals surface area contributed by atoms with Crippen LogP contribution in [-0.2, 0) is 0 Å². The van der Waals surface area contributed by atoms with Gasteiger partial charge in [0.1, 0.15) is 0 Å². The molecule has 3 nitrogen and oxygen atoms in total. The van der Waals surface area contributed by atoms with Crippen molar-refractivity contribution in [1.82, 2.24) is 10.2 Å². The highest BCUT2D eigenvalue weighted by molar-refractivity contribution is 5.95. The van der Waals surface area contributed by atoms with Gasteiger partial charge in [0.2, 0.25) is 0 Å². The van der Waals surface area contributed by atoms with E-state index in [4.69, 9.17) is 0 Å². The molecule has 3 heteroatoms. The Morgan fingerprint density at radius 3 is 2.85 bits per heavy atom. The lowest BCUT2D eigenvalue weighted by atomic mass is 10.0. The normalized spacial score (nSPS) is 18.9. The molecule has 1 aliphatic heterocycles. The third-order valence-electron chi connectivity index (χ3n) is 4.20. The van der Waals surface area contributed by atoms with Crippen LogP contribution in [0.25, 0.3) is 0 Å². The van der Waals surface area contributed by atoms with Gasteiger partial charge in [0.05, 0.1) is 0 Å². The summed E-state index contributed by atoms with van der Waals surface area (Å²) in [6, 6.07) is 6.65. The number of nitrogens with one attached hydrogen (secondary N) is 1. The molecule has 0 radical (unpaired) electrons. The SMILES string of the molecule is Cc1ccc(C)c(C(=O)N(C)CCC2CCCCN2)c1. The van der Waals surface area contributed by atoms with Gasteiger partial charge < -0.3 is 10.2 Å². The Hall–Kier alpha value is -1.35.